The highest BCUT2D eigenvalue weighted by atomic mass is 28.4. The lowest BCUT2D eigenvalue weighted by Crippen LogP contribution is -2.67. The Hall–Kier alpha value is -2.90. The first-order valence-corrected chi connectivity index (χ1v) is 27.0. The summed E-state index contributed by atoms with van der Waals surface area (Å²) in [6.45, 7) is 33.2. The zero-order valence-corrected chi connectivity index (χ0v) is 42.0. The third-order valence-corrected chi connectivity index (χ3v) is 21.6. The lowest BCUT2D eigenvalue weighted by Gasteiger charge is -2.44. The quantitative estimate of drug-likeness (QED) is 0.0332. The second kappa shape index (κ2) is 25.9. The SMILES string of the molecule is CCOC(=O)/C(C)=C/C(C)=C/[C@@H](C)[C@@H](O[Si](CC)(CC)CC)[C@@H](C)C/C(C)=C/C=C/[C@H](O)[C@H](OC(C)OCC)[C@@H](C)CO[Si](c1ccccc1)(c1ccccc1)C(C)(C)C. The number of hydrogen-bond acceptors (Lipinski definition) is 7. The van der Waals surface area contributed by atoms with E-state index in [0.717, 1.165) is 30.1 Å². The van der Waals surface area contributed by atoms with Gasteiger partial charge in [0.15, 0.2) is 14.6 Å². The van der Waals surface area contributed by atoms with Gasteiger partial charge in [0, 0.05) is 24.7 Å². The summed E-state index contributed by atoms with van der Waals surface area (Å²) in [7, 11) is -4.74. The number of carbonyl (C=O) groups excluding carboxylic acids is 1. The molecule has 1 N–H and O–H groups in total. The van der Waals surface area contributed by atoms with E-state index in [9.17, 15) is 9.90 Å². The molecular formula is C51H82O7Si2. The summed E-state index contributed by atoms with van der Waals surface area (Å²) in [6, 6.07) is 24.5. The molecule has 0 aliphatic heterocycles. The van der Waals surface area contributed by atoms with Crippen molar-refractivity contribution in [2.24, 2.45) is 17.8 Å². The number of carbonyl (C=O) groups is 1. The van der Waals surface area contributed by atoms with Crippen LogP contribution in [0.25, 0.3) is 0 Å². The smallest absolute Gasteiger partial charge is 0.333 e. The Morgan fingerprint density at radius 3 is 1.82 bits per heavy atom. The fourth-order valence-corrected chi connectivity index (χ4v) is 16.2. The molecule has 0 aromatic heterocycles. The van der Waals surface area contributed by atoms with Gasteiger partial charge in [-0.2, -0.15) is 0 Å². The number of rotatable bonds is 26. The molecule has 1 unspecified atom stereocenters. The maximum Gasteiger partial charge on any atom is 0.333 e. The van der Waals surface area contributed by atoms with Gasteiger partial charge in [-0.25, -0.2) is 4.79 Å². The second-order valence-electron chi connectivity index (χ2n) is 17.8. The lowest BCUT2D eigenvalue weighted by molar-refractivity contribution is -0.189. The Balaban J connectivity index is 2.41. The molecule has 2 aromatic carbocycles. The number of allylic oxidation sites excluding steroid dienone is 5. The van der Waals surface area contributed by atoms with Gasteiger partial charge < -0.3 is 28.2 Å². The van der Waals surface area contributed by atoms with Crippen LogP contribution in [0.1, 0.15) is 110 Å². The van der Waals surface area contributed by atoms with Crippen molar-refractivity contribution in [3.63, 3.8) is 0 Å². The molecule has 0 bridgehead atoms. The van der Waals surface area contributed by atoms with E-state index in [2.05, 4.69) is 142 Å². The van der Waals surface area contributed by atoms with Crippen molar-refractivity contribution in [3.05, 3.63) is 108 Å². The highest BCUT2D eigenvalue weighted by Crippen LogP contribution is 2.38. The van der Waals surface area contributed by atoms with Gasteiger partial charge in [0.05, 0.1) is 24.9 Å². The Labute approximate surface area is 367 Å². The van der Waals surface area contributed by atoms with Gasteiger partial charge in [-0.05, 0) is 99.4 Å². The van der Waals surface area contributed by atoms with E-state index >= 15 is 0 Å². The number of hydrogen-bond donors (Lipinski definition) is 1. The van der Waals surface area contributed by atoms with Gasteiger partial charge in [-0.15, -0.1) is 0 Å². The van der Waals surface area contributed by atoms with Crippen LogP contribution in [0.5, 0.6) is 0 Å². The maximum atomic E-state index is 12.3. The van der Waals surface area contributed by atoms with Crippen LogP contribution in [0, 0.1) is 17.8 Å². The molecule has 9 heteroatoms. The van der Waals surface area contributed by atoms with Crippen LogP contribution in [0.3, 0.4) is 0 Å². The fraction of sp³-hybridized carbons (Fsp3) is 0.588. The Morgan fingerprint density at radius 1 is 0.783 bits per heavy atom. The molecular weight excluding hydrogens is 781 g/mol. The number of ether oxygens (including phenoxy) is 3. The highest BCUT2D eigenvalue weighted by molar-refractivity contribution is 6.99. The third-order valence-electron chi connectivity index (χ3n) is 11.9. The Bertz CT molecular complexity index is 1610. The lowest BCUT2D eigenvalue weighted by atomic mass is 9.87. The van der Waals surface area contributed by atoms with Crippen molar-refractivity contribution in [2.75, 3.05) is 19.8 Å². The maximum absolute atomic E-state index is 12.3. The molecule has 0 amide bonds. The van der Waals surface area contributed by atoms with E-state index in [1.54, 1.807) is 6.92 Å². The molecule has 2 aromatic rings. The standard InChI is InChI=1S/C51H82O7Si2/c1-16-54-44(12)57-49(43(11)37-56-60(51(13,14)15,45-29-23-21-24-30-45)46-31-25-22-26-32-46)47(52)33-27-28-38(6)34-40(8)48(58-59(18-3,19-4)20-5)41(9)35-39(7)36-42(10)50(53)55-17-2/h21-33,35-36,40-41,43-44,47-49,52H,16-20,34,37H2,1-15H3/b33-27+,38-28+,39-35+,42-36+/t40-,41+,43-,44?,47-,48-,49+/m0/s1. The van der Waals surface area contributed by atoms with E-state index in [0.29, 0.717) is 25.4 Å². The molecule has 0 radical (unpaired) electrons. The Kier molecular flexibility index (Phi) is 23.0. The number of benzene rings is 2. The van der Waals surface area contributed by atoms with Crippen LogP contribution in [0.4, 0.5) is 0 Å². The summed E-state index contributed by atoms with van der Waals surface area (Å²) < 4.78 is 32.0. The Morgan fingerprint density at radius 2 is 1.33 bits per heavy atom. The predicted molar refractivity (Wildman–Crippen MR) is 257 cm³/mol. The predicted octanol–water partition coefficient (Wildman–Crippen LogP) is 11.3. The molecule has 0 spiro atoms. The molecule has 0 heterocycles. The molecule has 336 valence electrons. The van der Waals surface area contributed by atoms with Gasteiger partial charge in [-0.1, -0.05) is 158 Å². The molecule has 0 saturated heterocycles. The minimum atomic E-state index is -2.80. The van der Waals surface area contributed by atoms with Gasteiger partial charge in [0.2, 0.25) is 0 Å². The average Bonchev–Trinajstić information content (AvgIpc) is 3.21. The van der Waals surface area contributed by atoms with Crippen molar-refractivity contribution < 1.29 is 33.0 Å². The summed E-state index contributed by atoms with van der Waals surface area (Å²) >= 11 is 0. The van der Waals surface area contributed by atoms with Crippen molar-refractivity contribution in [1.29, 1.82) is 0 Å². The summed E-state index contributed by atoms with van der Waals surface area (Å²) in [5.41, 5.74) is 2.82. The van der Waals surface area contributed by atoms with E-state index in [4.69, 9.17) is 23.1 Å². The van der Waals surface area contributed by atoms with Crippen LogP contribution < -0.4 is 10.4 Å². The summed E-state index contributed by atoms with van der Waals surface area (Å²) in [4.78, 5) is 12.3. The minimum absolute atomic E-state index is 0.00918. The van der Waals surface area contributed by atoms with Crippen LogP contribution in [-0.4, -0.2) is 72.1 Å². The zero-order valence-electron chi connectivity index (χ0n) is 40.0. The van der Waals surface area contributed by atoms with E-state index in [1.807, 2.05) is 45.9 Å². The summed E-state index contributed by atoms with van der Waals surface area (Å²) in [6.07, 6.45) is 8.93. The molecule has 7 nitrogen and oxygen atoms in total. The van der Waals surface area contributed by atoms with Crippen LogP contribution in [0.15, 0.2) is 108 Å². The normalized spacial score (nSPS) is 17.2. The first-order chi connectivity index (χ1) is 28.3. The molecule has 0 aliphatic rings. The second-order valence-corrected chi connectivity index (χ2v) is 26.8. The van der Waals surface area contributed by atoms with Crippen molar-refractivity contribution >= 4 is 33.0 Å². The van der Waals surface area contributed by atoms with Crippen LogP contribution in [-0.2, 0) is 27.9 Å². The van der Waals surface area contributed by atoms with E-state index in [1.165, 1.54) is 15.9 Å². The average molecular weight is 863 g/mol. The van der Waals surface area contributed by atoms with E-state index < -0.39 is 35.1 Å². The topological polar surface area (TPSA) is 83.5 Å². The minimum Gasteiger partial charge on any atom is -0.463 e. The molecule has 0 fully saturated rings. The van der Waals surface area contributed by atoms with Crippen molar-refractivity contribution in [1.82, 2.24) is 0 Å². The zero-order chi connectivity index (χ0) is 45.1. The van der Waals surface area contributed by atoms with Gasteiger partial charge in [0.1, 0.15) is 0 Å². The monoisotopic (exact) mass is 863 g/mol. The van der Waals surface area contributed by atoms with Gasteiger partial charge >= 0.3 is 5.97 Å². The number of aliphatic hydroxyl groups is 1. The van der Waals surface area contributed by atoms with Gasteiger partial charge in [-0.3, -0.25) is 0 Å². The number of aliphatic hydroxyl groups excluding tert-OH is 1. The first kappa shape index (κ1) is 53.2. The summed E-state index contributed by atoms with van der Waals surface area (Å²) in [5.74, 6) is -0.0868. The van der Waals surface area contributed by atoms with E-state index in [-0.39, 0.29) is 34.9 Å². The summed E-state index contributed by atoms with van der Waals surface area (Å²) in [5, 5.41) is 14.1. The van der Waals surface area contributed by atoms with Crippen LogP contribution >= 0.6 is 0 Å². The number of esters is 1. The first-order valence-electron chi connectivity index (χ1n) is 22.6. The largest absolute Gasteiger partial charge is 0.463 e. The highest BCUT2D eigenvalue weighted by Gasteiger charge is 2.50. The third kappa shape index (κ3) is 15.5. The van der Waals surface area contributed by atoms with Crippen LogP contribution in [0.2, 0.25) is 23.2 Å². The van der Waals surface area contributed by atoms with Gasteiger partial charge in [0.25, 0.3) is 8.32 Å². The molecule has 0 saturated carbocycles. The molecule has 0 aliphatic carbocycles. The fourth-order valence-electron chi connectivity index (χ4n) is 8.53. The molecule has 60 heavy (non-hydrogen) atoms. The molecule has 2 rings (SSSR count). The molecule has 7 atom stereocenters. The van der Waals surface area contributed by atoms with Crippen molar-refractivity contribution in [3.8, 4) is 0 Å². The van der Waals surface area contributed by atoms with Crippen molar-refractivity contribution in [2.45, 2.75) is 158 Å².